The number of nitrogens with two attached hydrogens (primary N) is 1. The van der Waals surface area contributed by atoms with Crippen LogP contribution >= 0.6 is 0 Å². The summed E-state index contributed by atoms with van der Waals surface area (Å²) < 4.78 is 1.73. The first kappa shape index (κ1) is 14.2. The molecule has 8 heteroatoms. The Bertz CT molecular complexity index is 644. The van der Waals surface area contributed by atoms with Gasteiger partial charge in [0.2, 0.25) is 0 Å². The third-order valence-electron chi connectivity index (χ3n) is 4.16. The predicted octanol–water partition coefficient (Wildman–Crippen LogP) is -0.538. The summed E-state index contributed by atoms with van der Waals surface area (Å²) in [5, 5.41) is 29.9. The lowest BCUT2D eigenvalue weighted by Crippen LogP contribution is -2.30. The molecule has 0 spiro atoms. The number of aliphatic hydroxyl groups excluding tert-OH is 3. The Balaban J connectivity index is 1.94. The fourth-order valence-electron chi connectivity index (χ4n) is 3.16. The average molecular weight is 293 g/mol. The van der Waals surface area contributed by atoms with Gasteiger partial charge in [-0.2, -0.15) is 0 Å². The molecule has 0 saturated heterocycles. The molecule has 2 aromatic rings. The molecule has 8 nitrogen and oxygen atoms in total. The van der Waals surface area contributed by atoms with E-state index in [4.69, 9.17) is 5.73 Å². The smallest absolute Gasteiger partial charge is 0.165 e. The van der Waals surface area contributed by atoms with E-state index >= 15 is 0 Å². The first-order valence-electron chi connectivity index (χ1n) is 6.96. The van der Waals surface area contributed by atoms with E-state index in [0.29, 0.717) is 24.0 Å². The summed E-state index contributed by atoms with van der Waals surface area (Å²) in [5.74, 6) is 0.119. The number of hydrogen-bond donors (Lipinski definition) is 4. The fourth-order valence-corrected chi connectivity index (χ4v) is 3.16. The number of fused-ring (bicyclic) bond motifs is 1. The van der Waals surface area contributed by atoms with Crippen molar-refractivity contribution in [3.8, 4) is 0 Å². The van der Waals surface area contributed by atoms with E-state index in [1.54, 1.807) is 17.8 Å². The van der Waals surface area contributed by atoms with Gasteiger partial charge in [-0.05, 0) is 25.7 Å². The molecule has 0 aliphatic heterocycles. The van der Waals surface area contributed by atoms with Crippen LogP contribution < -0.4 is 5.73 Å². The molecule has 5 N–H and O–H groups in total. The number of anilines is 1. The van der Waals surface area contributed by atoms with Gasteiger partial charge in [-0.1, -0.05) is 0 Å². The van der Waals surface area contributed by atoms with E-state index < -0.39 is 18.3 Å². The molecule has 2 heterocycles. The van der Waals surface area contributed by atoms with Gasteiger partial charge in [0.15, 0.2) is 11.5 Å². The van der Waals surface area contributed by atoms with Crippen molar-refractivity contribution in [2.75, 3.05) is 5.73 Å². The third-order valence-corrected chi connectivity index (χ3v) is 4.16. The Morgan fingerprint density at radius 1 is 1.33 bits per heavy atom. The number of rotatable bonds is 3. The first-order valence-corrected chi connectivity index (χ1v) is 6.96. The van der Waals surface area contributed by atoms with Crippen molar-refractivity contribution in [2.45, 2.75) is 44.1 Å². The molecule has 0 amide bonds. The first-order chi connectivity index (χ1) is 9.99. The van der Waals surface area contributed by atoms with Crippen molar-refractivity contribution in [2.24, 2.45) is 5.92 Å². The number of hydrogen-bond acceptors (Lipinski definition) is 7. The zero-order valence-electron chi connectivity index (χ0n) is 11.7. The number of nitrogens with zero attached hydrogens (tertiary/aromatic N) is 4. The van der Waals surface area contributed by atoms with E-state index in [2.05, 4.69) is 15.0 Å². The lowest BCUT2D eigenvalue weighted by atomic mass is 9.98. The Kier molecular flexibility index (Phi) is 3.52. The van der Waals surface area contributed by atoms with Crippen LogP contribution in [-0.4, -0.2) is 53.2 Å². The van der Waals surface area contributed by atoms with Gasteiger partial charge in [-0.15, -0.1) is 0 Å². The summed E-state index contributed by atoms with van der Waals surface area (Å²) in [5.41, 5.74) is 6.77. The molecule has 114 valence electrons. The highest BCUT2D eigenvalue weighted by Gasteiger charge is 2.43. The number of nitrogen functional groups attached to an aromatic ring is 1. The number of aliphatic hydroxyl groups is 3. The second-order valence-electron chi connectivity index (χ2n) is 5.71. The van der Waals surface area contributed by atoms with Gasteiger partial charge in [0.25, 0.3) is 0 Å². The van der Waals surface area contributed by atoms with Crippen molar-refractivity contribution < 1.29 is 15.3 Å². The average Bonchev–Trinajstić information content (AvgIpc) is 2.96. The summed E-state index contributed by atoms with van der Waals surface area (Å²) in [6.45, 7) is 1.67. The van der Waals surface area contributed by atoms with Crippen molar-refractivity contribution in [1.29, 1.82) is 0 Å². The van der Waals surface area contributed by atoms with Crippen LogP contribution in [0.4, 0.5) is 5.82 Å². The SMILES string of the molecule is C[C@H](O)C[C@H]1C[C@@H](n2cnc3c(N)ncnc32)[C@H](O)[C@@H]1O. The number of imidazole rings is 1. The quantitative estimate of drug-likeness (QED) is 0.598. The summed E-state index contributed by atoms with van der Waals surface area (Å²) in [7, 11) is 0. The zero-order valence-corrected chi connectivity index (χ0v) is 11.7. The van der Waals surface area contributed by atoms with Crippen molar-refractivity contribution in [3.05, 3.63) is 12.7 Å². The molecule has 0 aromatic carbocycles. The Hall–Kier alpha value is -1.77. The third kappa shape index (κ3) is 2.35. The van der Waals surface area contributed by atoms with Crippen LogP contribution in [0.2, 0.25) is 0 Å². The molecule has 2 aromatic heterocycles. The molecule has 3 rings (SSSR count). The standard InChI is InChI=1S/C13H19N5O3/c1-6(19)2-7-3-8(11(21)10(7)20)18-5-17-9-12(14)15-4-16-13(9)18/h4-8,10-11,19-21H,2-3H2,1H3,(H2,14,15,16)/t6-,7-,8+,10+,11-/m0/s1. The van der Waals surface area contributed by atoms with Crippen LogP contribution in [0.25, 0.3) is 11.2 Å². The molecule has 1 saturated carbocycles. The fraction of sp³-hybridized carbons (Fsp3) is 0.615. The summed E-state index contributed by atoms with van der Waals surface area (Å²) in [6.07, 6.45) is 1.57. The van der Waals surface area contributed by atoms with Crippen LogP contribution in [0.15, 0.2) is 12.7 Å². The maximum absolute atomic E-state index is 10.3. The minimum atomic E-state index is -0.928. The Labute approximate surface area is 121 Å². The molecule has 5 atom stereocenters. The van der Waals surface area contributed by atoms with E-state index in [1.165, 1.54) is 6.33 Å². The van der Waals surface area contributed by atoms with Crippen molar-refractivity contribution in [1.82, 2.24) is 19.5 Å². The summed E-state index contributed by atoms with van der Waals surface area (Å²) in [4.78, 5) is 12.2. The minimum absolute atomic E-state index is 0.165. The van der Waals surface area contributed by atoms with E-state index in [0.717, 1.165) is 0 Å². The molecule has 0 unspecified atom stereocenters. The largest absolute Gasteiger partial charge is 0.393 e. The molecule has 0 radical (unpaired) electrons. The van der Waals surface area contributed by atoms with Gasteiger partial charge in [0, 0.05) is 0 Å². The zero-order chi connectivity index (χ0) is 15.1. The molecule has 0 bridgehead atoms. The highest BCUT2D eigenvalue weighted by Crippen LogP contribution is 2.39. The Morgan fingerprint density at radius 2 is 2.10 bits per heavy atom. The lowest BCUT2D eigenvalue weighted by molar-refractivity contribution is -0.00192. The topological polar surface area (TPSA) is 130 Å². The number of aromatic nitrogens is 4. The van der Waals surface area contributed by atoms with Crippen LogP contribution in [0.5, 0.6) is 0 Å². The normalized spacial score (nSPS) is 30.9. The second kappa shape index (κ2) is 5.21. The highest BCUT2D eigenvalue weighted by molar-refractivity contribution is 5.81. The second-order valence-corrected chi connectivity index (χ2v) is 5.71. The van der Waals surface area contributed by atoms with E-state index in [-0.39, 0.29) is 17.8 Å². The van der Waals surface area contributed by atoms with Gasteiger partial charge < -0.3 is 25.6 Å². The monoisotopic (exact) mass is 293 g/mol. The minimum Gasteiger partial charge on any atom is -0.393 e. The van der Waals surface area contributed by atoms with Gasteiger partial charge >= 0.3 is 0 Å². The van der Waals surface area contributed by atoms with Crippen LogP contribution in [0, 0.1) is 5.92 Å². The molecule has 1 fully saturated rings. The molecule has 21 heavy (non-hydrogen) atoms. The highest BCUT2D eigenvalue weighted by atomic mass is 16.3. The van der Waals surface area contributed by atoms with E-state index in [9.17, 15) is 15.3 Å². The van der Waals surface area contributed by atoms with Gasteiger partial charge in [0.05, 0.1) is 24.6 Å². The van der Waals surface area contributed by atoms with Crippen molar-refractivity contribution in [3.63, 3.8) is 0 Å². The van der Waals surface area contributed by atoms with Gasteiger partial charge in [-0.25, -0.2) is 15.0 Å². The molecule has 1 aliphatic rings. The molecular weight excluding hydrogens is 274 g/mol. The molecular formula is C13H19N5O3. The van der Waals surface area contributed by atoms with Crippen molar-refractivity contribution >= 4 is 17.0 Å². The van der Waals surface area contributed by atoms with Crippen LogP contribution in [0.3, 0.4) is 0 Å². The summed E-state index contributed by atoms with van der Waals surface area (Å²) in [6, 6.07) is -0.344. The lowest BCUT2D eigenvalue weighted by Gasteiger charge is -2.18. The van der Waals surface area contributed by atoms with Gasteiger partial charge in [-0.3, -0.25) is 0 Å². The maximum Gasteiger partial charge on any atom is 0.165 e. The Morgan fingerprint density at radius 3 is 2.81 bits per heavy atom. The van der Waals surface area contributed by atoms with Crippen LogP contribution in [-0.2, 0) is 0 Å². The maximum atomic E-state index is 10.3. The summed E-state index contributed by atoms with van der Waals surface area (Å²) >= 11 is 0. The van der Waals surface area contributed by atoms with Crippen LogP contribution in [0.1, 0.15) is 25.8 Å². The predicted molar refractivity (Wildman–Crippen MR) is 75.2 cm³/mol. The molecule has 1 aliphatic carbocycles. The van der Waals surface area contributed by atoms with E-state index in [1.807, 2.05) is 0 Å². The van der Waals surface area contributed by atoms with Gasteiger partial charge in [0.1, 0.15) is 17.9 Å².